The standard InChI is InChI=1S/C18H24N2OS/c1-11-16(21)15(18(4,5)22-11)14-10-17(2,3)20-13-9-7-6-8-12(13)19-14/h6-9,11,19-20H,10H2,1-5H3/b15-14+. The van der Waals surface area contributed by atoms with E-state index in [0.717, 1.165) is 29.1 Å². The van der Waals surface area contributed by atoms with Gasteiger partial charge in [0.25, 0.3) is 0 Å². The normalized spacial score (nSPS) is 29.3. The lowest BCUT2D eigenvalue weighted by Gasteiger charge is -2.28. The molecule has 3 rings (SSSR count). The molecular formula is C18H24N2OS. The van der Waals surface area contributed by atoms with Gasteiger partial charge in [0, 0.05) is 28.0 Å². The molecule has 22 heavy (non-hydrogen) atoms. The van der Waals surface area contributed by atoms with Gasteiger partial charge in [-0.15, -0.1) is 11.8 Å². The van der Waals surface area contributed by atoms with Gasteiger partial charge in [-0.25, -0.2) is 0 Å². The molecule has 2 aliphatic heterocycles. The highest BCUT2D eigenvalue weighted by molar-refractivity contribution is 8.02. The average Bonchev–Trinajstić information content (AvgIpc) is 2.52. The Bertz CT molecular complexity index is 661. The fourth-order valence-electron chi connectivity index (χ4n) is 3.48. The van der Waals surface area contributed by atoms with Crippen LogP contribution in [0.3, 0.4) is 0 Å². The fourth-order valence-corrected chi connectivity index (χ4v) is 4.93. The van der Waals surface area contributed by atoms with Crippen molar-refractivity contribution in [1.82, 2.24) is 0 Å². The molecule has 1 aromatic rings. The number of hydrogen-bond acceptors (Lipinski definition) is 4. The van der Waals surface area contributed by atoms with Gasteiger partial charge < -0.3 is 10.6 Å². The fraction of sp³-hybridized carbons (Fsp3) is 0.500. The van der Waals surface area contributed by atoms with Gasteiger partial charge in [0.2, 0.25) is 0 Å². The second-order valence-electron chi connectivity index (χ2n) is 7.34. The number of carbonyl (C=O) groups is 1. The van der Waals surface area contributed by atoms with Crippen LogP contribution in [0.1, 0.15) is 41.0 Å². The molecule has 0 radical (unpaired) electrons. The second-order valence-corrected chi connectivity index (χ2v) is 9.31. The van der Waals surface area contributed by atoms with Crippen LogP contribution >= 0.6 is 11.8 Å². The summed E-state index contributed by atoms with van der Waals surface area (Å²) in [6, 6.07) is 8.20. The van der Waals surface area contributed by atoms with Crippen molar-refractivity contribution in [2.24, 2.45) is 0 Å². The predicted octanol–water partition coefficient (Wildman–Crippen LogP) is 4.43. The van der Waals surface area contributed by atoms with E-state index < -0.39 is 0 Å². The van der Waals surface area contributed by atoms with E-state index >= 15 is 0 Å². The number of thioether (sulfide) groups is 1. The van der Waals surface area contributed by atoms with Crippen LogP contribution in [0.4, 0.5) is 11.4 Å². The van der Waals surface area contributed by atoms with Crippen molar-refractivity contribution >= 4 is 28.9 Å². The highest BCUT2D eigenvalue weighted by Crippen LogP contribution is 2.47. The SMILES string of the molecule is CC1SC(C)(C)/C(=C2\CC(C)(C)Nc3ccccc3N2)C1=O. The Hall–Kier alpha value is -1.42. The molecule has 1 unspecified atom stereocenters. The lowest BCUT2D eigenvalue weighted by atomic mass is 9.89. The highest BCUT2D eigenvalue weighted by Gasteiger charge is 2.44. The molecule has 0 aromatic heterocycles. The van der Waals surface area contributed by atoms with Crippen molar-refractivity contribution in [3.05, 3.63) is 35.5 Å². The Balaban J connectivity index is 2.15. The van der Waals surface area contributed by atoms with Crippen LogP contribution in [-0.2, 0) is 4.79 Å². The Morgan fingerprint density at radius 3 is 2.36 bits per heavy atom. The summed E-state index contributed by atoms with van der Waals surface area (Å²) >= 11 is 1.75. The molecule has 4 heteroatoms. The maximum absolute atomic E-state index is 12.7. The summed E-state index contributed by atoms with van der Waals surface area (Å²) in [5.41, 5.74) is 4.05. The minimum atomic E-state index is -0.145. The highest BCUT2D eigenvalue weighted by atomic mass is 32.2. The number of nitrogens with one attached hydrogen (secondary N) is 2. The first kappa shape index (κ1) is 15.5. The van der Waals surface area contributed by atoms with E-state index in [1.165, 1.54) is 0 Å². The molecule has 1 aromatic carbocycles. The van der Waals surface area contributed by atoms with Crippen molar-refractivity contribution in [3.8, 4) is 0 Å². The zero-order valence-electron chi connectivity index (χ0n) is 13.9. The van der Waals surface area contributed by atoms with Crippen molar-refractivity contribution in [2.75, 3.05) is 10.6 Å². The van der Waals surface area contributed by atoms with Crippen molar-refractivity contribution in [2.45, 2.75) is 56.6 Å². The number of carbonyl (C=O) groups excluding carboxylic acids is 1. The van der Waals surface area contributed by atoms with E-state index in [0.29, 0.717) is 0 Å². The summed E-state index contributed by atoms with van der Waals surface area (Å²) in [5.74, 6) is 0.271. The minimum Gasteiger partial charge on any atom is -0.378 e. The topological polar surface area (TPSA) is 41.1 Å². The number of anilines is 2. The molecule has 2 aliphatic rings. The molecule has 0 saturated carbocycles. The minimum absolute atomic E-state index is 0.0360. The van der Waals surface area contributed by atoms with Crippen LogP contribution in [0.25, 0.3) is 0 Å². The molecule has 1 fully saturated rings. The molecule has 0 aliphatic carbocycles. The molecule has 0 amide bonds. The lowest BCUT2D eigenvalue weighted by molar-refractivity contribution is -0.114. The third kappa shape index (κ3) is 2.65. The van der Waals surface area contributed by atoms with E-state index in [1.807, 2.05) is 19.1 Å². The molecule has 2 heterocycles. The summed E-state index contributed by atoms with van der Waals surface area (Å²) < 4.78 is -0.145. The van der Waals surface area contributed by atoms with Crippen molar-refractivity contribution in [1.29, 1.82) is 0 Å². The van der Waals surface area contributed by atoms with Gasteiger partial charge in [0.05, 0.1) is 16.6 Å². The quantitative estimate of drug-likeness (QED) is 0.695. The van der Waals surface area contributed by atoms with Crippen LogP contribution in [0, 0.1) is 0 Å². The molecule has 1 saturated heterocycles. The zero-order chi connectivity index (χ0) is 16.1. The molecule has 3 nitrogen and oxygen atoms in total. The summed E-state index contributed by atoms with van der Waals surface area (Å²) in [7, 11) is 0. The van der Waals surface area contributed by atoms with E-state index in [2.05, 4.69) is 50.5 Å². The lowest BCUT2D eigenvalue weighted by Crippen LogP contribution is -2.32. The molecule has 1 atom stereocenters. The number of hydrogen-bond donors (Lipinski definition) is 2. The van der Waals surface area contributed by atoms with Gasteiger partial charge in [0.15, 0.2) is 5.78 Å². The van der Waals surface area contributed by atoms with E-state index in [1.54, 1.807) is 11.8 Å². The third-order valence-electron chi connectivity index (χ3n) is 4.30. The summed E-state index contributed by atoms with van der Waals surface area (Å²) in [6.07, 6.45) is 0.805. The van der Waals surface area contributed by atoms with Crippen LogP contribution < -0.4 is 10.6 Å². The smallest absolute Gasteiger partial charge is 0.174 e. The number of Topliss-reactive ketones (excluding diaryl/α,β-unsaturated/α-hetero) is 1. The van der Waals surface area contributed by atoms with Crippen molar-refractivity contribution < 1.29 is 4.79 Å². The third-order valence-corrected chi connectivity index (χ3v) is 5.66. The Labute approximate surface area is 136 Å². The first-order chi connectivity index (χ1) is 10.2. The Morgan fingerprint density at radius 1 is 1.14 bits per heavy atom. The molecule has 0 bridgehead atoms. The molecule has 118 valence electrons. The number of benzene rings is 1. The second kappa shape index (κ2) is 5.05. The van der Waals surface area contributed by atoms with Crippen LogP contribution in [-0.4, -0.2) is 21.3 Å². The zero-order valence-corrected chi connectivity index (χ0v) is 14.7. The summed E-state index contributed by atoms with van der Waals surface area (Å²) in [5, 5.41) is 7.17. The van der Waals surface area contributed by atoms with Crippen LogP contribution in [0.15, 0.2) is 35.5 Å². The molecular weight excluding hydrogens is 292 g/mol. The summed E-state index contributed by atoms with van der Waals surface area (Å²) in [6.45, 7) is 10.7. The van der Waals surface area contributed by atoms with Gasteiger partial charge in [-0.05, 0) is 46.8 Å². The van der Waals surface area contributed by atoms with E-state index in [4.69, 9.17) is 0 Å². The summed E-state index contributed by atoms with van der Waals surface area (Å²) in [4.78, 5) is 12.7. The molecule has 2 N–H and O–H groups in total. The number of rotatable bonds is 0. The number of fused-ring (bicyclic) bond motifs is 1. The van der Waals surface area contributed by atoms with E-state index in [9.17, 15) is 4.79 Å². The van der Waals surface area contributed by atoms with Crippen molar-refractivity contribution in [3.63, 3.8) is 0 Å². The van der Waals surface area contributed by atoms with Crippen LogP contribution in [0.2, 0.25) is 0 Å². The van der Waals surface area contributed by atoms with Gasteiger partial charge in [-0.1, -0.05) is 12.1 Å². The maximum atomic E-state index is 12.7. The number of ketones is 1. The van der Waals surface area contributed by atoms with Gasteiger partial charge in [-0.3, -0.25) is 4.79 Å². The predicted molar refractivity (Wildman–Crippen MR) is 95.5 cm³/mol. The van der Waals surface area contributed by atoms with E-state index in [-0.39, 0.29) is 21.3 Å². The van der Waals surface area contributed by atoms with Gasteiger partial charge in [0.1, 0.15) is 0 Å². The first-order valence-corrected chi connectivity index (χ1v) is 8.67. The maximum Gasteiger partial charge on any atom is 0.174 e. The van der Waals surface area contributed by atoms with Gasteiger partial charge >= 0.3 is 0 Å². The van der Waals surface area contributed by atoms with Crippen LogP contribution in [0.5, 0.6) is 0 Å². The monoisotopic (exact) mass is 316 g/mol. The largest absolute Gasteiger partial charge is 0.378 e. The number of para-hydroxylation sites is 2. The first-order valence-electron chi connectivity index (χ1n) is 7.79. The van der Waals surface area contributed by atoms with Gasteiger partial charge in [-0.2, -0.15) is 0 Å². The molecule has 0 spiro atoms. The Kier molecular flexibility index (Phi) is 3.55. The average molecular weight is 316 g/mol. The Morgan fingerprint density at radius 2 is 1.77 bits per heavy atom.